The number of halogens is 2. The second kappa shape index (κ2) is 2.82. The average molecular weight is 138 g/mol. The molecule has 3 heteroatoms. The molecule has 0 amide bonds. The van der Waals surface area contributed by atoms with Crippen LogP contribution in [0.2, 0.25) is 0 Å². The molecule has 2 radical (unpaired) electrons. The van der Waals surface area contributed by atoms with Crippen LogP contribution in [0, 0.1) is 11.6 Å². The van der Waals surface area contributed by atoms with Gasteiger partial charge < -0.3 is 0 Å². The van der Waals surface area contributed by atoms with Gasteiger partial charge in [0, 0.05) is 0 Å². The fourth-order valence-corrected chi connectivity index (χ4v) is 0.667. The predicted molar refractivity (Wildman–Crippen MR) is 35.8 cm³/mol. The fraction of sp³-hybridized carbons (Fsp3) is 0.143. The van der Waals surface area contributed by atoms with Gasteiger partial charge in [0.05, 0.1) is 7.85 Å². The summed E-state index contributed by atoms with van der Waals surface area (Å²) in [5.74, 6) is -1.68. The summed E-state index contributed by atoms with van der Waals surface area (Å²) >= 11 is 0. The summed E-state index contributed by atoms with van der Waals surface area (Å²) in [6.07, 6.45) is 0.233. The van der Waals surface area contributed by atoms with Crippen molar-refractivity contribution in [3.8, 4) is 0 Å². The average Bonchev–Trinajstić information content (AvgIpc) is 1.95. The Bertz CT molecular complexity index is 235. The SMILES string of the molecule is [B]Cc1ccc(F)c(F)c1. The zero-order chi connectivity index (χ0) is 7.56. The highest BCUT2D eigenvalue weighted by atomic mass is 19.2. The van der Waals surface area contributed by atoms with Gasteiger partial charge in [-0.25, -0.2) is 8.78 Å². The quantitative estimate of drug-likeness (QED) is 0.517. The molecule has 0 spiro atoms. The lowest BCUT2D eigenvalue weighted by atomic mass is 9.97. The van der Waals surface area contributed by atoms with Gasteiger partial charge in [-0.1, -0.05) is 17.9 Å². The summed E-state index contributed by atoms with van der Waals surface area (Å²) < 4.78 is 24.6. The molecular formula is C7H5BF2. The first kappa shape index (κ1) is 7.25. The van der Waals surface area contributed by atoms with E-state index in [9.17, 15) is 8.78 Å². The summed E-state index contributed by atoms with van der Waals surface area (Å²) in [4.78, 5) is 0. The molecule has 0 saturated heterocycles. The summed E-state index contributed by atoms with van der Waals surface area (Å²) in [5.41, 5.74) is 0.596. The third-order valence-corrected chi connectivity index (χ3v) is 1.22. The standard InChI is InChI=1S/C7H5BF2/c8-4-5-1-2-6(9)7(10)3-5/h1-3H,4H2. The maximum atomic E-state index is 12.3. The molecule has 0 aromatic heterocycles. The van der Waals surface area contributed by atoms with Crippen LogP contribution in [0.25, 0.3) is 0 Å². The number of hydrogen-bond donors (Lipinski definition) is 0. The maximum absolute atomic E-state index is 12.3. The third kappa shape index (κ3) is 1.35. The van der Waals surface area contributed by atoms with Gasteiger partial charge in [0.1, 0.15) is 0 Å². The van der Waals surface area contributed by atoms with E-state index in [0.717, 1.165) is 12.1 Å². The van der Waals surface area contributed by atoms with Crippen molar-refractivity contribution in [2.75, 3.05) is 0 Å². The molecule has 0 nitrogen and oxygen atoms in total. The molecule has 0 bridgehead atoms. The molecule has 0 aliphatic rings. The van der Waals surface area contributed by atoms with Crippen molar-refractivity contribution < 1.29 is 8.78 Å². The molecule has 0 fully saturated rings. The first-order valence-electron chi connectivity index (χ1n) is 2.88. The first-order valence-corrected chi connectivity index (χ1v) is 2.88. The maximum Gasteiger partial charge on any atom is 0.159 e. The van der Waals surface area contributed by atoms with Gasteiger partial charge in [0.25, 0.3) is 0 Å². The molecule has 10 heavy (non-hydrogen) atoms. The van der Waals surface area contributed by atoms with Gasteiger partial charge >= 0.3 is 0 Å². The van der Waals surface area contributed by atoms with Gasteiger partial charge in [0.15, 0.2) is 11.6 Å². The second-order valence-electron chi connectivity index (χ2n) is 1.95. The van der Waals surface area contributed by atoms with Crippen molar-refractivity contribution in [2.24, 2.45) is 0 Å². The van der Waals surface area contributed by atoms with Crippen LogP contribution in [0.5, 0.6) is 0 Å². The highest BCUT2D eigenvalue weighted by molar-refractivity contribution is 6.08. The zero-order valence-electron chi connectivity index (χ0n) is 5.27. The summed E-state index contributed by atoms with van der Waals surface area (Å²) in [6, 6.07) is 3.62. The second-order valence-corrected chi connectivity index (χ2v) is 1.95. The van der Waals surface area contributed by atoms with Crippen LogP contribution in [0.3, 0.4) is 0 Å². The fourth-order valence-electron chi connectivity index (χ4n) is 0.667. The van der Waals surface area contributed by atoms with E-state index in [0.29, 0.717) is 5.56 Å². The summed E-state index contributed by atoms with van der Waals surface area (Å²) in [5, 5.41) is 0. The number of hydrogen-bond acceptors (Lipinski definition) is 0. The van der Waals surface area contributed by atoms with Gasteiger partial charge in [-0.15, -0.1) is 0 Å². The van der Waals surface area contributed by atoms with Crippen molar-refractivity contribution in [3.63, 3.8) is 0 Å². The minimum atomic E-state index is -0.844. The number of benzene rings is 1. The third-order valence-electron chi connectivity index (χ3n) is 1.22. The van der Waals surface area contributed by atoms with Crippen molar-refractivity contribution in [1.82, 2.24) is 0 Å². The molecule has 0 atom stereocenters. The van der Waals surface area contributed by atoms with E-state index in [2.05, 4.69) is 0 Å². The van der Waals surface area contributed by atoms with Gasteiger partial charge in [0.2, 0.25) is 0 Å². The van der Waals surface area contributed by atoms with E-state index in [4.69, 9.17) is 7.85 Å². The van der Waals surface area contributed by atoms with Crippen LogP contribution in [0.1, 0.15) is 5.56 Å². The molecule has 1 aromatic rings. The molecule has 0 aliphatic heterocycles. The highest BCUT2D eigenvalue weighted by Gasteiger charge is 1.99. The highest BCUT2D eigenvalue weighted by Crippen LogP contribution is 2.07. The monoisotopic (exact) mass is 138 g/mol. The zero-order valence-corrected chi connectivity index (χ0v) is 5.27. The topological polar surface area (TPSA) is 0 Å². The van der Waals surface area contributed by atoms with Crippen molar-refractivity contribution in [2.45, 2.75) is 6.32 Å². The normalized spacial score (nSPS) is 9.80. The molecular weight excluding hydrogens is 133 g/mol. The molecule has 0 aliphatic carbocycles. The van der Waals surface area contributed by atoms with E-state index in [-0.39, 0.29) is 6.32 Å². The Morgan fingerprint density at radius 2 is 1.90 bits per heavy atom. The van der Waals surface area contributed by atoms with Crippen molar-refractivity contribution in [3.05, 3.63) is 35.4 Å². The molecule has 0 heterocycles. The Balaban J connectivity index is 3.04. The number of rotatable bonds is 1. The van der Waals surface area contributed by atoms with Gasteiger partial charge in [-0.05, 0) is 12.1 Å². The first-order chi connectivity index (χ1) is 4.74. The molecule has 1 aromatic carbocycles. The summed E-state index contributed by atoms with van der Waals surface area (Å²) in [6.45, 7) is 0. The summed E-state index contributed by atoms with van der Waals surface area (Å²) in [7, 11) is 5.18. The van der Waals surface area contributed by atoms with E-state index < -0.39 is 11.6 Å². The molecule has 0 saturated carbocycles. The van der Waals surface area contributed by atoms with Crippen LogP contribution in [0.4, 0.5) is 8.78 Å². The minimum Gasteiger partial charge on any atom is -0.204 e. The van der Waals surface area contributed by atoms with E-state index in [1.807, 2.05) is 0 Å². The lowest BCUT2D eigenvalue weighted by molar-refractivity contribution is 0.507. The molecule has 0 N–H and O–H groups in total. The Morgan fingerprint density at radius 1 is 1.20 bits per heavy atom. The van der Waals surface area contributed by atoms with Crippen LogP contribution < -0.4 is 0 Å². The van der Waals surface area contributed by atoms with E-state index in [1.54, 1.807) is 0 Å². The van der Waals surface area contributed by atoms with Crippen LogP contribution in [0.15, 0.2) is 18.2 Å². The Hall–Kier alpha value is -0.855. The Labute approximate surface area is 59.3 Å². The lowest BCUT2D eigenvalue weighted by Gasteiger charge is -1.95. The predicted octanol–water partition coefficient (Wildman–Crippen LogP) is 1.63. The van der Waals surface area contributed by atoms with Crippen LogP contribution in [-0.4, -0.2) is 7.85 Å². The Kier molecular flexibility index (Phi) is 2.04. The molecule has 1 rings (SSSR count). The lowest BCUT2D eigenvalue weighted by Crippen LogP contribution is -1.88. The van der Waals surface area contributed by atoms with Gasteiger partial charge in [-0.2, -0.15) is 0 Å². The van der Waals surface area contributed by atoms with Crippen LogP contribution in [-0.2, 0) is 6.32 Å². The Morgan fingerprint density at radius 3 is 2.40 bits per heavy atom. The largest absolute Gasteiger partial charge is 0.204 e. The van der Waals surface area contributed by atoms with Crippen molar-refractivity contribution >= 4 is 7.85 Å². The molecule has 50 valence electrons. The van der Waals surface area contributed by atoms with Crippen LogP contribution >= 0.6 is 0 Å². The minimum absolute atomic E-state index is 0.233. The molecule has 0 unspecified atom stereocenters. The smallest absolute Gasteiger partial charge is 0.159 e. The van der Waals surface area contributed by atoms with E-state index in [1.165, 1.54) is 6.07 Å². The van der Waals surface area contributed by atoms with Gasteiger partial charge in [-0.3, -0.25) is 0 Å². The van der Waals surface area contributed by atoms with Crippen molar-refractivity contribution in [1.29, 1.82) is 0 Å². The van der Waals surface area contributed by atoms with E-state index >= 15 is 0 Å².